The fourth-order valence-electron chi connectivity index (χ4n) is 2.72. The van der Waals surface area contributed by atoms with Crippen LogP contribution in [-0.2, 0) is 11.3 Å². The fourth-order valence-corrected chi connectivity index (χ4v) is 2.72. The number of hydrogen-bond donors (Lipinski definition) is 1. The normalized spacial score (nSPS) is 14.8. The molecular formula is C17H21FN4O2. The summed E-state index contributed by atoms with van der Waals surface area (Å²) >= 11 is 0. The summed E-state index contributed by atoms with van der Waals surface area (Å²) in [4.78, 5) is 12.9. The molecule has 1 saturated heterocycles. The molecule has 2 heterocycles. The first kappa shape index (κ1) is 16.6. The Kier molecular flexibility index (Phi) is 4.92. The number of anilines is 2. The third-order valence-corrected chi connectivity index (χ3v) is 4.01. The topological polar surface area (TPSA) is 61.7 Å². The molecule has 0 radical (unpaired) electrons. The van der Waals surface area contributed by atoms with E-state index in [2.05, 4.69) is 14.9 Å². The van der Waals surface area contributed by atoms with Crippen LogP contribution >= 0.6 is 0 Å². The van der Waals surface area contributed by atoms with Crippen LogP contribution in [0, 0.1) is 5.82 Å². The van der Waals surface area contributed by atoms with E-state index in [1.165, 1.54) is 0 Å². The van der Waals surface area contributed by atoms with Crippen molar-refractivity contribution in [3.8, 4) is 11.1 Å². The largest absolute Gasteiger partial charge is 0.392 e. The first-order valence-corrected chi connectivity index (χ1v) is 7.87. The second kappa shape index (κ2) is 7.11. The molecule has 0 bridgehead atoms. The van der Waals surface area contributed by atoms with E-state index in [0.717, 1.165) is 13.1 Å². The number of ether oxygens (including phenoxy) is 1. The molecule has 0 saturated carbocycles. The number of hydrogen-bond acceptors (Lipinski definition) is 6. The summed E-state index contributed by atoms with van der Waals surface area (Å²) in [5, 5.41) is 9.28. The van der Waals surface area contributed by atoms with E-state index >= 15 is 0 Å². The number of aliphatic hydroxyl groups excluding tert-OH is 1. The van der Waals surface area contributed by atoms with E-state index in [-0.39, 0.29) is 12.2 Å². The smallest absolute Gasteiger partial charge is 0.227 e. The molecule has 24 heavy (non-hydrogen) atoms. The minimum Gasteiger partial charge on any atom is -0.392 e. The number of morpholine rings is 1. The number of nitrogens with zero attached hydrogens (tertiary/aromatic N) is 4. The van der Waals surface area contributed by atoms with E-state index in [1.807, 2.05) is 19.0 Å². The maximum absolute atomic E-state index is 14.6. The molecule has 1 aromatic heterocycles. The number of rotatable bonds is 4. The van der Waals surface area contributed by atoms with Crippen LogP contribution in [0.2, 0.25) is 0 Å². The molecular weight excluding hydrogens is 311 g/mol. The third kappa shape index (κ3) is 3.18. The minimum absolute atomic E-state index is 0.259. The van der Waals surface area contributed by atoms with Crippen LogP contribution in [-0.4, -0.2) is 55.5 Å². The highest BCUT2D eigenvalue weighted by atomic mass is 19.1. The lowest BCUT2D eigenvalue weighted by atomic mass is 10.0. The predicted octanol–water partition coefficient (Wildman–Crippen LogP) is 1.68. The van der Waals surface area contributed by atoms with Crippen LogP contribution in [0.15, 0.2) is 24.4 Å². The van der Waals surface area contributed by atoms with Gasteiger partial charge in [0.15, 0.2) is 0 Å². The molecule has 1 aliphatic rings. The number of aromatic nitrogens is 2. The van der Waals surface area contributed by atoms with Gasteiger partial charge in [-0.15, -0.1) is 0 Å². The van der Waals surface area contributed by atoms with Gasteiger partial charge in [-0.25, -0.2) is 9.37 Å². The molecule has 2 aromatic rings. The molecule has 0 unspecified atom stereocenters. The Bertz CT molecular complexity index is 718. The van der Waals surface area contributed by atoms with Crippen LogP contribution in [0.4, 0.5) is 16.2 Å². The van der Waals surface area contributed by atoms with Crippen LogP contribution < -0.4 is 9.80 Å². The molecule has 6 nitrogen and oxygen atoms in total. The average Bonchev–Trinajstić information content (AvgIpc) is 2.62. The van der Waals surface area contributed by atoms with Gasteiger partial charge in [-0.05, 0) is 0 Å². The highest BCUT2D eigenvalue weighted by molar-refractivity contribution is 5.76. The monoisotopic (exact) mass is 332 g/mol. The molecule has 0 amide bonds. The number of benzene rings is 1. The molecule has 7 heteroatoms. The fraction of sp³-hybridized carbons (Fsp3) is 0.412. The van der Waals surface area contributed by atoms with Gasteiger partial charge < -0.3 is 19.6 Å². The molecule has 0 atom stereocenters. The van der Waals surface area contributed by atoms with Crippen molar-refractivity contribution in [2.45, 2.75) is 6.61 Å². The lowest BCUT2D eigenvalue weighted by Gasteiger charge is -2.28. The van der Waals surface area contributed by atoms with Gasteiger partial charge in [0.05, 0.1) is 19.8 Å². The Balaban J connectivity index is 2.05. The summed E-state index contributed by atoms with van der Waals surface area (Å²) in [5.74, 6) is 0.816. The SMILES string of the molecule is CN(C)c1nc(N2CCOCC2)ncc1-c1cccc(CO)c1F. The van der Waals surface area contributed by atoms with E-state index in [0.29, 0.717) is 36.1 Å². The molecule has 3 rings (SSSR count). The van der Waals surface area contributed by atoms with Crippen LogP contribution in [0.1, 0.15) is 5.56 Å². The summed E-state index contributed by atoms with van der Waals surface area (Å²) in [7, 11) is 3.73. The van der Waals surface area contributed by atoms with Crippen LogP contribution in [0.3, 0.4) is 0 Å². The van der Waals surface area contributed by atoms with Gasteiger partial charge in [-0.3, -0.25) is 0 Å². The molecule has 1 aliphatic heterocycles. The lowest BCUT2D eigenvalue weighted by molar-refractivity contribution is 0.122. The molecule has 128 valence electrons. The van der Waals surface area contributed by atoms with Crippen molar-refractivity contribution >= 4 is 11.8 Å². The van der Waals surface area contributed by atoms with Gasteiger partial charge in [0.25, 0.3) is 0 Å². The summed E-state index contributed by atoms with van der Waals surface area (Å²) in [5.41, 5.74) is 1.25. The highest BCUT2D eigenvalue weighted by Crippen LogP contribution is 2.32. The molecule has 0 aliphatic carbocycles. The molecule has 1 aromatic carbocycles. The highest BCUT2D eigenvalue weighted by Gasteiger charge is 2.20. The van der Waals surface area contributed by atoms with Gasteiger partial charge in [0.2, 0.25) is 5.95 Å². The second-order valence-electron chi connectivity index (χ2n) is 5.84. The Morgan fingerprint density at radius 3 is 2.67 bits per heavy atom. The number of halogens is 1. The summed E-state index contributed by atoms with van der Waals surface area (Å²) < 4.78 is 19.9. The Morgan fingerprint density at radius 2 is 2.00 bits per heavy atom. The van der Waals surface area contributed by atoms with Crippen molar-refractivity contribution in [3.63, 3.8) is 0 Å². The number of aliphatic hydroxyl groups is 1. The Hall–Kier alpha value is -2.25. The van der Waals surface area contributed by atoms with E-state index < -0.39 is 5.82 Å². The van der Waals surface area contributed by atoms with Crippen LogP contribution in [0.5, 0.6) is 0 Å². The first-order valence-electron chi connectivity index (χ1n) is 7.87. The zero-order valence-corrected chi connectivity index (χ0v) is 13.9. The van der Waals surface area contributed by atoms with Crippen molar-refractivity contribution in [3.05, 3.63) is 35.8 Å². The predicted molar refractivity (Wildman–Crippen MR) is 90.7 cm³/mol. The summed E-state index contributed by atoms with van der Waals surface area (Å²) in [6.07, 6.45) is 1.65. The molecule has 0 spiro atoms. The van der Waals surface area contributed by atoms with Crippen LogP contribution in [0.25, 0.3) is 11.1 Å². The van der Waals surface area contributed by atoms with E-state index in [9.17, 15) is 9.50 Å². The van der Waals surface area contributed by atoms with Crippen molar-refractivity contribution in [1.82, 2.24) is 9.97 Å². The van der Waals surface area contributed by atoms with Gasteiger partial charge in [-0.2, -0.15) is 4.98 Å². The minimum atomic E-state index is -0.439. The van der Waals surface area contributed by atoms with E-state index in [4.69, 9.17) is 4.74 Å². The second-order valence-corrected chi connectivity index (χ2v) is 5.84. The van der Waals surface area contributed by atoms with Crippen molar-refractivity contribution in [2.24, 2.45) is 0 Å². The zero-order chi connectivity index (χ0) is 17.1. The molecule has 1 N–H and O–H groups in total. The quantitative estimate of drug-likeness (QED) is 0.919. The first-order chi connectivity index (χ1) is 11.6. The summed E-state index contributed by atoms with van der Waals surface area (Å²) in [6.45, 7) is 2.43. The maximum atomic E-state index is 14.6. The van der Waals surface area contributed by atoms with Crippen molar-refractivity contribution in [1.29, 1.82) is 0 Å². The third-order valence-electron chi connectivity index (χ3n) is 4.01. The Morgan fingerprint density at radius 1 is 1.25 bits per heavy atom. The van der Waals surface area contributed by atoms with Gasteiger partial charge in [-0.1, -0.05) is 18.2 Å². The van der Waals surface area contributed by atoms with Gasteiger partial charge in [0.1, 0.15) is 11.6 Å². The standard InChI is InChI=1S/C17H21FN4O2/c1-21(2)16-14(13-5-3-4-12(11-23)15(13)18)10-19-17(20-16)22-6-8-24-9-7-22/h3-5,10,23H,6-9,11H2,1-2H3. The van der Waals surface area contributed by atoms with E-state index in [1.54, 1.807) is 24.4 Å². The van der Waals surface area contributed by atoms with Gasteiger partial charge in [0, 0.05) is 50.1 Å². The Labute approximate surface area is 140 Å². The average molecular weight is 332 g/mol. The lowest BCUT2D eigenvalue weighted by Crippen LogP contribution is -2.37. The molecule has 1 fully saturated rings. The van der Waals surface area contributed by atoms with Gasteiger partial charge >= 0.3 is 0 Å². The zero-order valence-electron chi connectivity index (χ0n) is 13.9. The summed E-state index contributed by atoms with van der Waals surface area (Å²) in [6, 6.07) is 4.96. The van der Waals surface area contributed by atoms with Crippen molar-refractivity contribution in [2.75, 3.05) is 50.2 Å². The van der Waals surface area contributed by atoms with Crippen molar-refractivity contribution < 1.29 is 14.2 Å². The maximum Gasteiger partial charge on any atom is 0.227 e.